The number of carboxylic acid groups (broad SMARTS) is 1. The molecular weight excluding hydrogens is 1110 g/mol. The van der Waals surface area contributed by atoms with Gasteiger partial charge in [-0.05, 0) is 6.92 Å². The minimum absolute atomic E-state index is 0.878. The predicted molar refractivity (Wildman–Crippen MR) is 239 cm³/mol. The lowest BCUT2D eigenvalue weighted by Crippen LogP contribution is -2.72. The molecule has 38 heteroatoms. The lowest BCUT2D eigenvalue weighted by atomic mass is 9.88. The number of carbonyl (C=O) groups excluding carboxylic acids is 1. The smallest absolute Gasteiger partial charge is 0.397 e. The highest BCUT2D eigenvalue weighted by molar-refractivity contribution is 7.80. The first kappa shape index (κ1) is 65.8. The molecule has 0 aromatic heterocycles. The van der Waals surface area contributed by atoms with Crippen LogP contribution in [0.5, 0.6) is 0 Å². The molecular formula is C41H70N2O35S. The lowest BCUT2D eigenvalue weighted by Gasteiger charge is -2.52. The molecule has 6 fully saturated rings. The van der Waals surface area contributed by atoms with Gasteiger partial charge in [-0.1, -0.05) is 0 Å². The van der Waals surface area contributed by atoms with Gasteiger partial charge in [0.1, 0.15) is 134 Å². The van der Waals surface area contributed by atoms with Crippen LogP contribution in [0.25, 0.3) is 0 Å². The van der Waals surface area contributed by atoms with E-state index in [1.807, 2.05) is 0 Å². The molecule has 0 aromatic carbocycles. The summed E-state index contributed by atoms with van der Waals surface area (Å²) in [6.07, 6.45) is -60.6. The van der Waals surface area contributed by atoms with Crippen molar-refractivity contribution in [3.8, 4) is 0 Å². The Hall–Kier alpha value is -2.35. The maximum absolute atomic E-state index is 13.2. The Balaban J connectivity index is 1.42. The lowest BCUT2D eigenvalue weighted by molar-refractivity contribution is -0.399. The van der Waals surface area contributed by atoms with E-state index in [2.05, 4.69) is 9.50 Å². The quantitative estimate of drug-likeness (QED) is 0.0475. The number of nitrogens with two attached hydrogens (primary N) is 1. The topological polar surface area (TPSA) is 601 Å². The number of ether oxygens (including phenoxy) is 11. The molecule has 0 bridgehead atoms. The molecule has 0 radical (unpaired) electrons. The van der Waals surface area contributed by atoms with Crippen LogP contribution in [0, 0.1) is 0 Å². The first-order valence-electron chi connectivity index (χ1n) is 24.3. The van der Waals surface area contributed by atoms with Crippen LogP contribution in [-0.2, 0) is 76.3 Å². The van der Waals surface area contributed by atoms with Crippen molar-refractivity contribution in [2.45, 2.75) is 210 Å². The average Bonchev–Trinajstić information content (AvgIpc) is 3.56. The molecule has 6 rings (SSSR count). The number of carboxylic acids is 1. The summed E-state index contributed by atoms with van der Waals surface area (Å²) >= 11 is 0. The Kier molecular flexibility index (Phi) is 22.6. The molecule has 0 aliphatic carbocycles. The Morgan fingerprint density at radius 3 is 1.70 bits per heavy atom. The number of carbonyl (C=O) groups is 2. The molecule has 37 nitrogen and oxygen atoms in total. The normalized spacial score (nSPS) is 48.0. The summed E-state index contributed by atoms with van der Waals surface area (Å²) in [6, 6.07) is -3.79. The van der Waals surface area contributed by atoms with Gasteiger partial charge in [-0.2, -0.15) is 8.42 Å². The van der Waals surface area contributed by atoms with Crippen molar-refractivity contribution in [2.24, 2.45) is 5.73 Å². The second kappa shape index (κ2) is 27.1. The van der Waals surface area contributed by atoms with Crippen LogP contribution in [0.4, 0.5) is 0 Å². The molecule has 1 amide bonds. The predicted octanol–water partition coefficient (Wildman–Crippen LogP) is -13.9. The van der Waals surface area contributed by atoms with Crippen LogP contribution < -0.4 is 11.1 Å². The summed E-state index contributed by atoms with van der Waals surface area (Å²) in [7, 11) is -5.55. The van der Waals surface area contributed by atoms with Crippen LogP contribution in [-0.4, -0.2) is 340 Å². The van der Waals surface area contributed by atoms with Crippen molar-refractivity contribution in [1.82, 2.24) is 5.32 Å². The summed E-state index contributed by atoms with van der Waals surface area (Å²) in [6.45, 7) is -3.87. The third kappa shape index (κ3) is 14.4. The van der Waals surface area contributed by atoms with Gasteiger partial charge in [-0.3, -0.25) is 9.35 Å². The minimum Gasteiger partial charge on any atom is -0.477 e. The van der Waals surface area contributed by atoms with E-state index in [0.717, 1.165) is 6.92 Å². The van der Waals surface area contributed by atoms with Gasteiger partial charge in [-0.25, -0.2) is 8.98 Å². The molecule has 22 N–H and O–H groups in total. The van der Waals surface area contributed by atoms with E-state index >= 15 is 0 Å². The van der Waals surface area contributed by atoms with Crippen molar-refractivity contribution in [2.75, 3.05) is 33.0 Å². The zero-order valence-corrected chi connectivity index (χ0v) is 42.4. The van der Waals surface area contributed by atoms with Crippen LogP contribution in [0.1, 0.15) is 20.3 Å². The zero-order chi connectivity index (χ0) is 58.9. The number of hydrogen-bond acceptors (Lipinski definition) is 34. The first-order valence-corrected chi connectivity index (χ1v) is 25.7. The molecule has 31 atom stereocenters. The van der Waals surface area contributed by atoms with Gasteiger partial charge in [0.15, 0.2) is 31.5 Å². The Bertz CT molecular complexity index is 2090. The fourth-order valence-electron chi connectivity index (χ4n) is 9.72. The van der Waals surface area contributed by atoms with Crippen LogP contribution in [0.3, 0.4) is 0 Å². The molecule has 6 saturated heterocycles. The van der Waals surface area contributed by atoms with E-state index in [0.29, 0.717) is 0 Å². The average molecular weight is 1180 g/mol. The summed E-state index contributed by atoms with van der Waals surface area (Å²) in [5.74, 6) is -6.42. The van der Waals surface area contributed by atoms with Gasteiger partial charge in [0, 0.05) is 13.3 Å². The largest absolute Gasteiger partial charge is 0.477 e. The fourth-order valence-corrected chi connectivity index (χ4v) is 10.0. The zero-order valence-electron chi connectivity index (χ0n) is 41.6. The van der Waals surface area contributed by atoms with E-state index in [4.69, 9.17) is 57.8 Å². The van der Waals surface area contributed by atoms with Crippen molar-refractivity contribution in [3.05, 3.63) is 0 Å². The SMILES string of the molecule is CC(=O)N[C@H]1[C@H](O[C@H]2[C@@H](O)[C@@H](CO)O[C@@H](O[C@H]3[C@H](O)[C@@H](O)[C@H](O)O[C@@H]3CO)[C@@H]2O)O[C@H](COS(=O)(=O)O)[C@@H](O[C@@H]2O[C@H](CO)[C@H](O)[C@H](O[C@]3(C(=O)O)C[C@H](O)[C@@H](N)[C@H]([C@H](O)[C@H](O)CO)O3)[C@H]2O)[C@@H]1O[C@@H]1O[C@@H](C)[C@@H](O)[C@@H](O)[C@@H]1O. The Morgan fingerprint density at radius 1 is 0.633 bits per heavy atom. The van der Waals surface area contributed by atoms with Gasteiger partial charge in [0.25, 0.3) is 5.79 Å². The molecule has 6 heterocycles. The maximum Gasteiger partial charge on any atom is 0.397 e. The Labute approximate surface area is 446 Å². The van der Waals surface area contributed by atoms with Gasteiger partial charge < -0.3 is 155 Å². The number of nitrogens with one attached hydrogen (secondary N) is 1. The molecule has 0 spiro atoms. The summed E-state index contributed by atoms with van der Waals surface area (Å²) in [4.78, 5) is 26.2. The number of aliphatic hydroxyl groups excluding tert-OH is 17. The standard InChI is InChI=1S/C41H70N2O35S/c1-9-19(51)23(55)26(58)37(68-9)75-32-18(43-10(2)48)36(76-33-21(53)13(5-45)70-38(27(33)59)73-29-15(7-47)69-35(61)25(57)24(29)56)72-16(8-67-79(64,65)66)30(32)74-39-28(60)34(22(54)14(6-46)71-39)78-41(40(62)63)3-11(49)17(42)31(77-41)20(52)12(50)4-44/h9,11-39,44-47,49-61H,3-8,42H2,1-2H3,(H,43,48)(H,62,63)(H,64,65,66)/t9-,11-,12+,13+,14+,15+,16+,17+,18+,19+,20+,21-,22-,23+,24+,25+,26-,27+,28+,29+,30+,31+,32+,33-,34-,35+,36-,37-,38-,39-,41-/m0/s1. The van der Waals surface area contributed by atoms with Crippen molar-refractivity contribution >= 4 is 22.3 Å². The number of aliphatic hydroxyl groups is 17. The van der Waals surface area contributed by atoms with Crippen molar-refractivity contribution < 1.29 is 171 Å². The highest BCUT2D eigenvalue weighted by Crippen LogP contribution is 2.40. The van der Waals surface area contributed by atoms with Crippen LogP contribution in [0.15, 0.2) is 0 Å². The van der Waals surface area contributed by atoms with E-state index in [1.165, 1.54) is 6.92 Å². The molecule has 6 aliphatic rings. The number of hydrogen-bond donors (Lipinski definition) is 21. The third-order valence-electron chi connectivity index (χ3n) is 14.1. The van der Waals surface area contributed by atoms with Gasteiger partial charge in [0.2, 0.25) is 5.91 Å². The third-order valence-corrected chi connectivity index (χ3v) is 14.5. The molecule has 0 unspecified atom stereocenters. The van der Waals surface area contributed by atoms with Gasteiger partial charge in [-0.15, -0.1) is 0 Å². The number of amides is 1. The van der Waals surface area contributed by atoms with Gasteiger partial charge in [0.05, 0.1) is 51.3 Å². The molecule has 460 valence electrons. The second-order valence-electron chi connectivity index (χ2n) is 19.5. The highest BCUT2D eigenvalue weighted by Gasteiger charge is 2.61. The van der Waals surface area contributed by atoms with E-state index in [1.54, 1.807) is 0 Å². The van der Waals surface area contributed by atoms with Crippen LogP contribution >= 0.6 is 0 Å². The molecule has 0 saturated carbocycles. The first-order chi connectivity index (χ1) is 36.9. The van der Waals surface area contributed by atoms with E-state index < -0.39 is 251 Å². The van der Waals surface area contributed by atoms with Crippen molar-refractivity contribution in [1.29, 1.82) is 0 Å². The Morgan fingerprint density at radius 2 is 1.15 bits per heavy atom. The molecule has 6 aliphatic heterocycles. The van der Waals surface area contributed by atoms with E-state index in [9.17, 15) is 114 Å². The minimum atomic E-state index is -5.55. The summed E-state index contributed by atoms with van der Waals surface area (Å²) in [5.41, 5.74) is 5.96. The maximum atomic E-state index is 13.2. The van der Waals surface area contributed by atoms with E-state index in [-0.39, 0.29) is 0 Å². The summed E-state index contributed by atoms with van der Waals surface area (Å²) in [5, 5.41) is 195. The summed E-state index contributed by atoms with van der Waals surface area (Å²) < 4.78 is 102. The monoisotopic (exact) mass is 1180 g/mol. The van der Waals surface area contributed by atoms with Gasteiger partial charge >= 0.3 is 16.4 Å². The molecule has 0 aromatic rings. The second-order valence-corrected chi connectivity index (χ2v) is 20.6. The highest BCUT2D eigenvalue weighted by atomic mass is 32.3. The number of rotatable bonds is 21. The van der Waals surface area contributed by atoms with Crippen molar-refractivity contribution in [3.63, 3.8) is 0 Å². The molecule has 79 heavy (non-hydrogen) atoms. The van der Waals surface area contributed by atoms with Crippen LogP contribution in [0.2, 0.25) is 0 Å². The fraction of sp³-hybridized carbons (Fsp3) is 0.951. The number of aliphatic carboxylic acids is 1.